The van der Waals surface area contributed by atoms with Crippen LogP contribution >= 0.6 is 0 Å². The Balaban J connectivity index is 1.32. The van der Waals surface area contributed by atoms with E-state index in [0.717, 1.165) is 52.0 Å². The first-order valence-corrected chi connectivity index (χ1v) is 14.8. The summed E-state index contributed by atoms with van der Waals surface area (Å²) in [6.07, 6.45) is 3.92. The summed E-state index contributed by atoms with van der Waals surface area (Å²) in [5.41, 5.74) is -0.184. The van der Waals surface area contributed by atoms with Crippen LogP contribution < -0.4 is 15.0 Å². The van der Waals surface area contributed by atoms with Crippen LogP contribution in [0, 0.1) is 11.2 Å². The van der Waals surface area contributed by atoms with Crippen molar-refractivity contribution in [2.24, 2.45) is 5.41 Å². The molecule has 2 amide bonds. The van der Waals surface area contributed by atoms with E-state index in [2.05, 4.69) is 30.3 Å². The Hall–Kier alpha value is -3.54. The van der Waals surface area contributed by atoms with Crippen LogP contribution in [0.1, 0.15) is 71.2 Å². The molecule has 12 heteroatoms. The van der Waals surface area contributed by atoms with E-state index >= 15 is 0 Å². The predicted octanol–water partition coefficient (Wildman–Crippen LogP) is 4.49. The molecule has 2 saturated heterocycles. The number of hydrogen-bond acceptors (Lipinski definition) is 9. The van der Waals surface area contributed by atoms with E-state index in [-0.39, 0.29) is 40.7 Å². The maximum Gasteiger partial charge on any atom is 0.407 e. The van der Waals surface area contributed by atoms with Gasteiger partial charge in [0.1, 0.15) is 23.5 Å². The van der Waals surface area contributed by atoms with E-state index in [1.165, 1.54) is 24.5 Å². The van der Waals surface area contributed by atoms with Crippen LogP contribution in [0.25, 0.3) is 0 Å². The number of likely N-dealkylation sites (tertiary alicyclic amines) is 1. The Morgan fingerprint density at radius 1 is 1.19 bits per heavy atom. The molecule has 0 aliphatic carbocycles. The highest BCUT2D eigenvalue weighted by Crippen LogP contribution is 2.42. The third kappa shape index (κ3) is 7.84. The summed E-state index contributed by atoms with van der Waals surface area (Å²) < 4.78 is 25.6. The van der Waals surface area contributed by atoms with Crippen molar-refractivity contribution in [3.05, 3.63) is 35.9 Å². The lowest BCUT2D eigenvalue weighted by atomic mass is 9.79. The first kappa shape index (κ1) is 31.4. The van der Waals surface area contributed by atoms with E-state index < -0.39 is 11.4 Å². The number of anilines is 1. The number of amides is 2. The number of ether oxygens (including phenoxy) is 2. The molecule has 230 valence electrons. The second kappa shape index (κ2) is 13.2. The summed E-state index contributed by atoms with van der Waals surface area (Å²) in [6, 6.07) is 3.87. The van der Waals surface area contributed by atoms with Crippen LogP contribution in [-0.2, 0) is 4.74 Å². The Morgan fingerprint density at radius 3 is 2.64 bits per heavy atom. The molecule has 2 aliphatic heterocycles. The van der Waals surface area contributed by atoms with E-state index in [0.29, 0.717) is 18.9 Å². The SMILES string of the molecule is CCN(C(=O)c1cc(F)ccc1Oc1nncnc1N1CCC2(CN(CCCCNC(=O)OC(C)(C)C)C2)C1)C(C)C. The van der Waals surface area contributed by atoms with Crippen LogP contribution in [0.5, 0.6) is 11.6 Å². The highest BCUT2D eigenvalue weighted by molar-refractivity contribution is 5.97. The van der Waals surface area contributed by atoms with E-state index in [9.17, 15) is 14.0 Å². The van der Waals surface area contributed by atoms with E-state index in [1.54, 1.807) is 4.90 Å². The van der Waals surface area contributed by atoms with Gasteiger partial charge in [-0.15, -0.1) is 10.2 Å². The number of rotatable bonds is 11. The van der Waals surface area contributed by atoms with Gasteiger partial charge in [0.25, 0.3) is 11.8 Å². The third-order valence-corrected chi connectivity index (χ3v) is 7.60. The summed E-state index contributed by atoms with van der Waals surface area (Å²) in [5.74, 6) is 0.145. The number of alkyl carbamates (subject to hydrolysis) is 1. The molecule has 0 saturated carbocycles. The summed E-state index contributed by atoms with van der Waals surface area (Å²) in [6.45, 7) is 16.9. The zero-order chi connectivity index (χ0) is 30.5. The molecule has 1 aromatic carbocycles. The summed E-state index contributed by atoms with van der Waals surface area (Å²) in [5, 5.41) is 10.9. The topological polar surface area (TPSA) is 113 Å². The molecule has 1 N–H and O–H groups in total. The molecule has 4 rings (SSSR count). The van der Waals surface area contributed by atoms with Crippen LogP contribution in [0.15, 0.2) is 24.5 Å². The molecule has 0 unspecified atom stereocenters. The molecule has 0 radical (unpaired) electrons. The van der Waals surface area contributed by atoms with Crippen molar-refractivity contribution in [3.8, 4) is 11.6 Å². The monoisotopic (exact) mass is 585 g/mol. The maximum absolute atomic E-state index is 14.2. The third-order valence-electron chi connectivity index (χ3n) is 7.60. The largest absolute Gasteiger partial charge is 0.444 e. The number of hydrogen-bond donors (Lipinski definition) is 1. The van der Waals surface area contributed by atoms with Gasteiger partial charge in [0.2, 0.25) is 0 Å². The van der Waals surface area contributed by atoms with Crippen molar-refractivity contribution < 1.29 is 23.5 Å². The van der Waals surface area contributed by atoms with E-state index in [4.69, 9.17) is 9.47 Å². The molecule has 1 spiro atoms. The normalized spacial score (nSPS) is 16.4. The summed E-state index contributed by atoms with van der Waals surface area (Å²) in [7, 11) is 0. The standard InChI is InChI=1S/C30H44FN7O4/c1-7-38(21(2)3)27(39)23-16-22(31)10-11-24(23)41-26-25(33-20-34-35-26)37-15-12-30(19-37)17-36(18-30)14-9-8-13-32-28(40)42-29(4,5)6/h10-11,16,20-21H,7-9,12-15,17-19H2,1-6H3,(H,32,40). The predicted molar refractivity (Wildman–Crippen MR) is 157 cm³/mol. The van der Waals surface area contributed by atoms with Gasteiger partial charge < -0.3 is 29.5 Å². The smallest absolute Gasteiger partial charge is 0.407 e. The number of unbranched alkanes of at least 4 members (excludes halogenated alkanes) is 1. The highest BCUT2D eigenvalue weighted by atomic mass is 19.1. The number of benzene rings is 1. The van der Waals surface area contributed by atoms with Crippen molar-refractivity contribution in [2.75, 3.05) is 50.7 Å². The van der Waals surface area contributed by atoms with Gasteiger partial charge in [-0.3, -0.25) is 4.79 Å². The molecular weight excluding hydrogens is 541 g/mol. The second-order valence-corrected chi connectivity index (χ2v) is 12.5. The average Bonchev–Trinajstić information content (AvgIpc) is 3.34. The minimum Gasteiger partial charge on any atom is -0.444 e. The van der Waals surface area contributed by atoms with E-state index in [1.807, 2.05) is 41.5 Å². The van der Waals surface area contributed by atoms with Crippen molar-refractivity contribution in [2.45, 2.75) is 72.4 Å². The fourth-order valence-electron chi connectivity index (χ4n) is 5.70. The molecule has 2 fully saturated rings. The van der Waals surface area contributed by atoms with Gasteiger partial charge in [-0.2, -0.15) is 0 Å². The number of carbonyl (C=O) groups excluding carboxylic acids is 2. The maximum atomic E-state index is 14.2. The lowest BCUT2D eigenvalue weighted by Gasteiger charge is -2.48. The number of nitrogens with one attached hydrogen (secondary N) is 1. The van der Waals surface area contributed by atoms with Crippen molar-refractivity contribution in [1.29, 1.82) is 0 Å². The van der Waals surface area contributed by atoms with Gasteiger partial charge in [0, 0.05) is 50.7 Å². The summed E-state index contributed by atoms with van der Waals surface area (Å²) >= 11 is 0. The van der Waals surface area contributed by atoms with Gasteiger partial charge in [-0.05, 0) is 85.5 Å². The zero-order valence-electron chi connectivity index (χ0n) is 25.7. The molecular formula is C30H44FN7O4. The van der Waals surface area contributed by atoms with Crippen LogP contribution in [0.4, 0.5) is 15.0 Å². The van der Waals surface area contributed by atoms with Crippen LogP contribution in [-0.4, -0.2) is 94.4 Å². The molecule has 0 bridgehead atoms. The van der Waals surface area contributed by atoms with Crippen molar-refractivity contribution in [1.82, 2.24) is 30.3 Å². The second-order valence-electron chi connectivity index (χ2n) is 12.5. The molecule has 11 nitrogen and oxygen atoms in total. The minimum atomic E-state index is -0.515. The molecule has 42 heavy (non-hydrogen) atoms. The van der Waals surface area contributed by atoms with Crippen LogP contribution in [0.3, 0.4) is 0 Å². The Bertz CT molecular complexity index is 1250. The first-order valence-electron chi connectivity index (χ1n) is 14.8. The van der Waals surface area contributed by atoms with Gasteiger partial charge in [0.15, 0.2) is 5.82 Å². The van der Waals surface area contributed by atoms with Gasteiger partial charge >= 0.3 is 6.09 Å². The van der Waals surface area contributed by atoms with Gasteiger partial charge in [-0.1, -0.05) is 0 Å². The lowest BCUT2D eigenvalue weighted by Crippen LogP contribution is -2.57. The number of aromatic nitrogens is 3. The van der Waals surface area contributed by atoms with Crippen molar-refractivity contribution in [3.63, 3.8) is 0 Å². The minimum absolute atomic E-state index is 0.0518. The number of halogens is 1. The fraction of sp³-hybridized carbons (Fsp3) is 0.633. The zero-order valence-corrected chi connectivity index (χ0v) is 25.7. The molecule has 0 atom stereocenters. The average molecular weight is 586 g/mol. The Morgan fingerprint density at radius 2 is 1.95 bits per heavy atom. The number of nitrogens with zero attached hydrogens (tertiary/aromatic N) is 6. The quantitative estimate of drug-likeness (QED) is 0.381. The molecule has 3 heterocycles. The Labute approximate surface area is 247 Å². The van der Waals surface area contributed by atoms with Gasteiger partial charge in [-0.25, -0.2) is 14.2 Å². The van der Waals surface area contributed by atoms with Gasteiger partial charge in [0.05, 0.1) is 5.56 Å². The highest BCUT2D eigenvalue weighted by Gasteiger charge is 2.48. The number of carbonyl (C=O) groups is 2. The molecule has 1 aromatic heterocycles. The Kier molecular flexibility index (Phi) is 9.85. The summed E-state index contributed by atoms with van der Waals surface area (Å²) in [4.78, 5) is 35.8. The first-order chi connectivity index (χ1) is 19.9. The molecule has 2 aliphatic rings. The van der Waals surface area contributed by atoms with Crippen molar-refractivity contribution >= 4 is 17.8 Å². The van der Waals surface area contributed by atoms with Crippen LogP contribution in [0.2, 0.25) is 0 Å². The lowest BCUT2D eigenvalue weighted by molar-refractivity contribution is 0.0172. The fourth-order valence-corrected chi connectivity index (χ4v) is 5.70. The molecule has 2 aromatic rings.